The van der Waals surface area contributed by atoms with Crippen molar-refractivity contribution in [2.75, 3.05) is 6.54 Å². The molecule has 94 valence electrons. The van der Waals surface area contributed by atoms with Crippen molar-refractivity contribution in [2.45, 2.75) is 25.3 Å². The molecule has 1 aliphatic carbocycles. The molecule has 2 aromatic heterocycles. The molecular formula is C12H14N4OS. The van der Waals surface area contributed by atoms with Crippen molar-refractivity contribution in [3.8, 4) is 10.7 Å². The van der Waals surface area contributed by atoms with Crippen molar-refractivity contribution < 1.29 is 4.52 Å². The van der Waals surface area contributed by atoms with Gasteiger partial charge in [-0.15, -0.1) is 11.3 Å². The highest BCUT2D eigenvalue weighted by molar-refractivity contribution is 7.13. The molecule has 0 spiro atoms. The highest BCUT2D eigenvalue weighted by Gasteiger charge is 2.42. The smallest absolute Gasteiger partial charge is 0.244 e. The third kappa shape index (κ3) is 1.59. The van der Waals surface area contributed by atoms with E-state index >= 15 is 0 Å². The third-order valence-corrected chi connectivity index (χ3v) is 4.88. The summed E-state index contributed by atoms with van der Waals surface area (Å²) >= 11 is 1.53. The number of fused-ring (bicyclic) bond motifs is 1. The molecule has 0 aromatic carbocycles. The molecule has 3 unspecified atom stereocenters. The minimum Gasteiger partial charge on any atom is -0.337 e. The Hall–Kier alpha value is -1.27. The minimum atomic E-state index is 0.256. The van der Waals surface area contributed by atoms with E-state index in [2.05, 4.69) is 20.4 Å². The van der Waals surface area contributed by atoms with Crippen LogP contribution in [0, 0.1) is 11.8 Å². The summed E-state index contributed by atoms with van der Waals surface area (Å²) in [5.74, 6) is 2.89. The van der Waals surface area contributed by atoms with Gasteiger partial charge in [-0.1, -0.05) is 11.6 Å². The molecule has 2 aliphatic rings. The molecule has 4 rings (SSSR count). The Morgan fingerprint density at radius 2 is 2.39 bits per heavy atom. The second-order valence-electron chi connectivity index (χ2n) is 5.06. The van der Waals surface area contributed by atoms with Crippen LogP contribution in [0.25, 0.3) is 10.7 Å². The number of nitrogens with zero attached hydrogens (tertiary/aromatic N) is 3. The van der Waals surface area contributed by atoms with Gasteiger partial charge in [0.25, 0.3) is 0 Å². The van der Waals surface area contributed by atoms with Gasteiger partial charge in [0.15, 0.2) is 0 Å². The zero-order valence-corrected chi connectivity index (χ0v) is 10.7. The molecule has 5 nitrogen and oxygen atoms in total. The average Bonchev–Trinajstić information content (AvgIpc) is 3.13. The van der Waals surface area contributed by atoms with Gasteiger partial charge in [0.1, 0.15) is 0 Å². The van der Waals surface area contributed by atoms with E-state index in [-0.39, 0.29) is 6.04 Å². The molecule has 3 atom stereocenters. The number of rotatable bonds is 2. The molecule has 0 amide bonds. The molecule has 1 N–H and O–H groups in total. The van der Waals surface area contributed by atoms with E-state index in [1.807, 2.05) is 0 Å². The van der Waals surface area contributed by atoms with Gasteiger partial charge in [0.2, 0.25) is 11.7 Å². The monoisotopic (exact) mass is 262 g/mol. The van der Waals surface area contributed by atoms with E-state index in [0.29, 0.717) is 11.7 Å². The lowest BCUT2D eigenvalue weighted by atomic mass is 9.94. The largest absolute Gasteiger partial charge is 0.337 e. The topological polar surface area (TPSA) is 63.8 Å². The molecule has 0 radical (unpaired) electrons. The number of hydrogen-bond acceptors (Lipinski definition) is 6. The predicted octanol–water partition coefficient (Wildman–Crippen LogP) is 2.25. The van der Waals surface area contributed by atoms with Gasteiger partial charge in [-0.25, -0.2) is 0 Å². The fourth-order valence-corrected chi connectivity index (χ4v) is 3.79. The van der Waals surface area contributed by atoms with Crippen LogP contribution in [0.1, 0.15) is 31.2 Å². The Morgan fingerprint density at radius 1 is 1.39 bits per heavy atom. The first-order valence-electron chi connectivity index (χ1n) is 6.37. The summed E-state index contributed by atoms with van der Waals surface area (Å²) in [6, 6.07) is 0.256. The van der Waals surface area contributed by atoms with Crippen LogP contribution in [0.15, 0.2) is 16.2 Å². The Balaban J connectivity index is 1.62. The molecule has 3 heterocycles. The minimum absolute atomic E-state index is 0.256. The van der Waals surface area contributed by atoms with Gasteiger partial charge >= 0.3 is 0 Å². The van der Waals surface area contributed by atoms with Crippen LogP contribution >= 0.6 is 11.3 Å². The Kier molecular flexibility index (Phi) is 2.44. The van der Waals surface area contributed by atoms with Crippen molar-refractivity contribution in [3.05, 3.63) is 17.6 Å². The van der Waals surface area contributed by atoms with Crippen molar-refractivity contribution in [1.82, 2.24) is 20.4 Å². The summed E-state index contributed by atoms with van der Waals surface area (Å²) in [7, 11) is 0. The van der Waals surface area contributed by atoms with Crippen molar-refractivity contribution in [2.24, 2.45) is 11.8 Å². The Morgan fingerprint density at radius 3 is 3.28 bits per heavy atom. The molecule has 1 aliphatic heterocycles. The predicted molar refractivity (Wildman–Crippen MR) is 67.0 cm³/mol. The van der Waals surface area contributed by atoms with Crippen molar-refractivity contribution in [3.63, 3.8) is 0 Å². The molecular weight excluding hydrogens is 248 g/mol. The highest BCUT2D eigenvalue weighted by atomic mass is 32.1. The summed E-state index contributed by atoms with van der Waals surface area (Å²) in [6.07, 6.45) is 5.73. The maximum Gasteiger partial charge on any atom is 0.244 e. The fourth-order valence-electron chi connectivity index (χ4n) is 3.25. The number of aromatic nitrogens is 3. The first-order valence-corrected chi connectivity index (χ1v) is 7.25. The molecule has 2 aromatic rings. The zero-order chi connectivity index (χ0) is 11.9. The average molecular weight is 262 g/mol. The van der Waals surface area contributed by atoms with Gasteiger partial charge in [0, 0.05) is 6.20 Å². The van der Waals surface area contributed by atoms with E-state index in [9.17, 15) is 0 Å². The van der Waals surface area contributed by atoms with Gasteiger partial charge in [-0.2, -0.15) is 4.98 Å². The van der Waals surface area contributed by atoms with Gasteiger partial charge in [-0.05, 0) is 31.2 Å². The lowest BCUT2D eigenvalue weighted by molar-refractivity contribution is 0.302. The molecule has 2 fully saturated rings. The molecule has 1 saturated carbocycles. The second kappa shape index (κ2) is 4.13. The number of thiazole rings is 1. The van der Waals surface area contributed by atoms with Gasteiger partial charge < -0.3 is 9.84 Å². The standard InChI is InChI=1S/C12H14N4OS/c1-2-7-4-14-10(8(7)3-1)12-15-11(16-17-12)9-5-13-6-18-9/h5-8,10,14H,1-4H2. The first-order chi connectivity index (χ1) is 8.92. The summed E-state index contributed by atoms with van der Waals surface area (Å²) in [5, 5.41) is 7.59. The zero-order valence-electron chi connectivity index (χ0n) is 9.87. The third-order valence-electron chi connectivity index (χ3n) is 4.11. The van der Waals surface area contributed by atoms with Crippen LogP contribution in [0.5, 0.6) is 0 Å². The molecule has 6 heteroatoms. The Bertz CT molecular complexity index is 538. The van der Waals surface area contributed by atoms with Crippen LogP contribution < -0.4 is 5.32 Å². The number of nitrogens with one attached hydrogen (secondary N) is 1. The summed E-state index contributed by atoms with van der Waals surface area (Å²) < 4.78 is 5.44. The maximum absolute atomic E-state index is 5.44. The normalized spacial score (nSPS) is 30.8. The van der Waals surface area contributed by atoms with Gasteiger partial charge in [0.05, 0.1) is 16.4 Å². The van der Waals surface area contributed by atoms with Crippen LogP contribution in [0.3, 0.4) is 0 Å². The molecule has 18 heavy (non-hydrogen) atoms. The van der Waals surface area contributed by atoms with Crippen molar-refractivity contribution in [1.29, 1.82) is 0 Å². The van der Waals surface area contributed by atoms with Crippen LogP contribution in [-0.4, -0.2) is 21.7 Å². The summed E-state index contributed by atoms with van der Waals surface area (Å²) in [5.41, 5.74) is 1.78. The highest BCUT2D eigenvalue weighted by Crippen LogP contribution is 2.44. The second-order valence-corrected chi connectivity index (χ2v) is 5.95. The van der Waals surface area contributed by atoms with E-state index < -0.39 is 0 Å². The van der Waals surface area contributed by atoms with E-state index in [0.717, 1.165) is 23.2 Å². The maximum atomic E-state index is 5.44. The van der Waals surface area contributed by atoms with Crippen molar-refractivity contribution >= 4 is 11.3 Å². The first kappa shape index (κ1) is 10.6. The van der Waals surface area contributed by atoms with Crippen LogP contribution in [-0.2, 0) is 0 Å². The lowest BCUT2D eigenvalue weighted by Crippen LogP contribution is -2.18. The summed E-state index contributed by atoms with van der Waals surface area (Å²) in [6.45, 7) is 1.09. The quantitative estimate of drug-likeness (QED) is 0.899. The molecule has 1 saturated heterocycles. The number of hydrogen-bond donors (Lipinski definition) is 1. The SMILES string of the molecule is c1ncc(-c2noc(C3NCC4CCCC43)n2)s1. The lowest BCUT2D eigenvalue weighted by Gasteiger charge is -2.13. The fraction of sp³-hybridized carbons (Fsp3) is 0.583. The summed E-state index contributed by atoms with van der Waals surface area (Å²) in [4.78, 5) is 9.53. The van der Waals surface area contributed by atoms with E-state index in [4.69, 9.17) is 4.52 Å². The van der Waals surface area contributed by atoms with E-state index in [1.165, 1.54) is 30.6 Å². The molecule has 0 bridgehead atoms. The van der Waals surface area contributed by atoms with Crippen LogP contribution in [0.2, 0.25) is 0 Å². The van der Waals surface area contributed by atoms with E-state index in [1.54, 1.807) is 11.7 Å². The Labute approximate surface area is 109 Å². The van der Waals surface area contributed by atoms with Gasteiger partial charge in [-0.3, -0.25) is 4.98 Å². The van der Waals surface area contributed by atoms with Crippen LogP contribution in [0.4, 0.5) is 0 Å².